The number of benzene rings is 1. The second kappa shape index (κ2) is 5.87. The van der Waals surface area contributed by atoms with Crippen molar-refractivity contribution in [3.8, 4) is 0 Å². The number of amides is 1. The van der Waals surface area contributed by atoms with Gasteiger partial charge in [0, 0.05) is 19.8 Å². The molecule has 1 aliphatic rings. The van der Waals surface area contributed by atoms with Gasteiger partial charge in [0.1, 0.15) is 0 Å². The predicted octanol–water partition coefficient (Wildman–Crippen LogP) is 1.67. The smallest absolute Gasteiger partial charge is 0.237 e. The molecule has 0 spiro atoms. The SMILES string of the molecule is CNC(=O)[C@@H]1Cc2ccccc2CN1Cn1cc(Cl)cn1. The summed E-state index contributed by atoms with van der Waals surface area (Å²) in [6.45, 7) is 1.27. The Kier molecular flexibility index (Phi) is 3.94. The molecule has 0 fully saturated rings. The van der Waals surface area contributed by atoms with E-state index in [0.717, 1.165) is 6.54 Å². The first-order valence-corrected chi connectivity index (χ1v) is 7.25. The lowest BCUT2D eigenvalue weighted by atomic mass is 9.94. The quantitative estimate of drug-likeness (QED) is 0.938. The maximum Gasteiger partial charge on any atom is 0.237 e. The van der Waals surface area contributed by atoms with Crippen molar-refractivity contribution in [3.05, 3.63) is 52.8 Å². The molecule has 0 saturated heterocycles. The Hall–Kier alpha value is -1.85. The first-order chi connectivity index (χ1) is 10.2. The average Bonchev–Trinajstić information content (AvgIpc) is 2.91. The summed E-state index contributed by atoms with van der Waals surface area (Å²) >= 11 is 5.90. The number of rotatable bonds is 3. The second-order valence-electron chi connectivity index (χ2n) is 5.19. The Labute approximate surface area is 128 Å². The summed E-state index contributed by atoms with van der Waals surface area (Å²) in [5.74, 6) is 0.0303. The number of nitrogens with zero attached hydrogens (tertiary/aromatic N) is 3. The standard InChI is InChI=1S/C15H17ClN4O/c1-17-15(21)14-6-11-4-2-3-5-12(11)8-19(14)10-20-9-13(16)7-18-20/h2-5,7,9,14H,6,8,10H2,1H3,(H,17,21)/t14-/m0/s1. The topological polar surface area (TPSA) is 50.2 Å². The summed E-state index contributed by atoms with van der Waals surface area (Å²) < 4.78 is 1.76. The van der Waals surface area contributed by atoms with E-state index < -0.39 is 0 Å². The number of hydrogen-bond donors (Lipinski definition) is 1. The van der Waals surface area contributed by atoms with Crippen molar-refractivity contribution in [3.63, 3.8) is 0 Å². The van der Waals surface area contributed by atoms with E-state index in [2.05, 4.69) is 27.4 Å². The molecule has 1 N–H and O–H groups in total. The van der Waals surface area contributed by atoms with E-state index in [1.165, 1.54) is 11.1 Å². The summed E-state index contributed by atoms with van der Waals surface area (Å²) in [4.78, 5) is 14.3. The van der Waals surface area contributed by atoms with E-state index in [1.807, 2.05) is 12.1 Å². The molecule has 2 aromatic rings. The summed E-state index contributed by atoms with van der Waals surface area (Å²) in [6.07, 6.45) is 4.09. The zero-order valence-electron chi connectivity index (χ0n) is 11.8. The largest absolute Gasteiger partial charge is 0.358 e. The van der Waals surface area contributed by atoms with Gasteiger partial charge in [-0.05, 0) is 17.5 Å². The minimum atomic E-state index is -0.187. The highest BCUT2D eigenvalue weighted by Gasteiger charge is 2.31. The molecule has 1 aromatic carbocycles. The van der Waals surface area contributed by atoms with Crippen LogP contribution in [0.4, 0.5) is 0 Å². The van der Waals surface area contributed by atoms with Crippen LogP contribution in [0, 0.1) is 0 Å². The van der Waals surface area contributed by atoms with Gasteiger partial charge in [0.15, 0.2) is 0 Å². The maximum absolute atomic E-state index is 12.2. The van der Waals surface area contributed by atoms with Crippen LogP contribution in [-0.4, -0.2) is 33.7 Å². The van der Waals surface area contributed by atoms with Gasteiger partial charge in [0.25, 0.3) is 0 Å². The zero-order chi connectivity index (χ0) is 14.8. The molecule has 5 nitrogen and oxygen atoms in total. The molecule has 6 heteroatoms. The second-order valence-corrected chi connectivity index (χ2v) is 5.63. The molecule has 110 valence electrons. The Bertz CT molecular complexity index is 655. The van der Waals surface area contributed by atoms with E-state index in [9.17, 15) is 4.79 Å². The van der Waals surface area contributed by atoms with Gasteiger partial charge < -0.3 is 5.32 Å². The fraction of sp³-hybridized carbons (Fsp3) is 0.333. The van der Waals surface area contributed by atoms with Gasteiger partial charge in [-0.15, -0.1) is 0 Å². The molecule has 0 saturated carbocycles. The van der Waals surface area contributed by atoms with Crippen LogP contribution in [0.3, 0.4) is 0 Å². The lowest BCUT2D eigenvalue weighted by Gasteiger charge is -2.35. The van der Waals surface area contributed by atoms with Crippen LogP contribution in [-0.2, 0) is 24.4 Å². The van der Waals surface area contributed by atoms with E-state index in [1.54, 1.807) is 24.1 Å². The van der Waals surface area contributed by atoms with Crippen LogP contribution in [0.1, 0.15) is 11.1 Å². The number of likely N-dealkylation sites (N-methyl/N-ethyl adjacent to an activating group) is 1. The molecule has 21 heavy (non-hydrogen) atoms. The van der Waals surface area contributed by atoms with Gasteiger partial charge in [-0.2, -0.15) is 5.10 Å². The molecule has 0 unspecified atom stereocenters. The Morgan fingerprint density at radius 1 is 1.43 bits per heavy atom. The van der Waals surface area contributed by atoms with Crippen molar-refractivity contribution >= 4 is 17.5 Å². The number of nitrogens with one attached hydrogen (secondary N) is 1. The molecule has 0 radical (unpaired) electrons. The van der Waals surface area contributed by atoms with E-state index in [-0.39, 0.29) is 11.9 Å². The van der Waals surface area contributed by atoms with Crippen molar-refractivity contribution < 1.29 is 4.79 Å². The monoisotopic (exact) mass is 304 g/mol. The van der Waals surface area contributed by atoms with Crippen LogP contribution in [0.15, 0.2) is 36.7 Å². The normalized spacial score (nSPS) is 18.3. The third-order valence-corrected chi connectivity index (χ3v) is 4.02. The summed E-state index contributed by atoms with van der Waals surface area (Å²) in [7, 11) is 1.67. The lowest BCUT2D eigenvalue weighted by molar-refractivity contribution is -0.127. The third-order valence-electron chi connectivity index (χ3n) is 3.82. The first kappa shape index (κ1) is 14.1. The van der Waals surface area contributed by atoms with Gasteiger partial charge in [-0.3, -0.25) is 14.4 Å². The number of carbonyl (C=O) groups excluding carboxylic acids is 1. The van der Waals surface area contributed by atoms with Gasteiger partial charge >= 0.3 is 0 Å². The molecule has 1 aliphatic heterocycles. The Balaban J connectivity index is 1.87. The molecule has 0 aliphatic carbocycles. The van der Waals surface area contributed by atoms with Crippen LogP contribution in [0.5, 0.6) is 0 Å². The summed E-state index contributed by atoms with van der Waals surface area (Å²) in [5, 5.41) is 7.55. The van der Waals surface area contributed by atoms with Gasteiger partial charge in [0.05, 0.1) is 23.9 Å². The number of hydrogen-bond acceptors (Lipinski definition) is 3. The molecule has 1 aromatic heterocycles. The van der Waals surface area contributed by atoms with Crippen LogP contribution in [0.25, 0.3) is 0 Å². The zero-order valence-corrected chi connectivity index (χ0v) is 12.5. The predicted molar refractivity (Wildman–Crippen MR) is 80.8 cm³/mol. The van der Waals surface area contributed by atoms with Crippen molar-refractivity contribution in [2.24, 2.45) is 0 Å². The number of carbonyl (C=O) groups is 1. The molecule has 0 bridgehead atoms. The number of aromatic nitrogens is 2. The lowest BCUT2D eigenvalue weighted by Crippen LogP contribution is -2.49. The molecular weight excluding hydrogens is 288 g/mol. The minimum Gasteiger partial charge on any atom is -0.358 e. The fourth-order valence-corrected chi connectivity index (χ4v) is 2.91. The Morgan fingerprint density at radius 3 is 2.86 bits per heavy atom. The highest BCUT2D eigenvalue weighted by atomic mass is 35.5. The van der Waals surface area contributed by atoms with Crippen molar-refractivity contribution in [2.45, 2.75) is 25.7 Å². The van der Waals surface area contributed by atoms with Crippen molar-refractivity contribution in [1.82, 2.24) is 20.0 Å². The van der Waals surface area contributed by atoms with Crippen LogP contribution >= 0.6 is 11.6 Å². The maximum atomic E-state index is 12.2. The molecular formula is C15H17ClN4O. The van der Waals surface area contributed by atoms with Gasteiger partial charge in [-0.25, -0.2) is 0 Å². The van der Waals surface area contributed by atoms with Crippen molar-refractivity contribution in [1.29, 1.82) is 0 Å². The van der Waals surface area contributed by atoms with E-state index in [0.29, 0.717) is 18.1 Å². The van der Waals surface area contributed by atoms with E-state index in [4.69, 9.17) is 11.6 Å². The average molecular weight is 305 g/mol. The highest BCUT2D eigenvalue weighted by Crippen LogP contribution is 2.24. The Morgan fingerprint density at radius 2 is 2.19 bits per heavy atom. The molecule has 2 heterocycles. The fourth-order valence-electron chi connectivity index (χ4n) is 2.75. The summed E-state index contributed by atoms with van der Waals surface area (Å²) in [5.41, 5.74) is 2.50. The van der Waals surface area contributed by atoms with Crippen LogP contribution in [0.2, 0.25) is 5.02 Å². The van der Waals surface area contributed by atoms with Gasteiger partial charge in [0.2, 0.25) is 5.91 Å². The van der Waals surface area contributed by atoms with Crippen LogP contribution < -0.4 is 5.32 Å². The number of halogens is 1. The highest BCUT2D eigenvalue weighted by molar-refractivity contribution is 6.30. The molecule has 1 atom stereocenters. The minimum absolute atomic E-state index is 0.0303. The van der Waals surface area contributed by atoms with Crippen molar-refractivity contribution in [2.75, 3.05) is 7.05 Å². The molecule has 3 rings (SSSR count). The van der Waals surface area contributed by atoms with E-state index >= 15 is 0 Å². The third kappa shape index (κ3) is 2.94. The van der Waals surface area contributed by atoms with Gasteiger partial charge in [-0.1, -0.05) is 35.9 Å². The summed E-state index contributed by atoms with van der Waals surface area (Å²) in [6, 6.07) is 8.06. The number of fused-ring (bicyclic) bond motifs is 1. The molecule has 1 amide bonds. The first-order valence-electron chi connectivity index (χ1n) is 6.88.